The van der Waals surface area contributed by atoms with E-state index in [2.05, 4.69) is 10.6 Å². The van der Waals surface area contributed by atoms with E-state index in [9.17, 15) is 13.2 Å². The lowest BCUT2D eigenvalue weighted by molar-refractivity contribution is -0.112. The minimum atomic E-state index is -4.38. The van der Waals surface area contributed by atoms with Crippen molar-refractivity contribution in [1.29, 1.82) is 5.26 Å². The number of hydrogen-bond acceptors (Lipinski definition) is 6. The van der Waals surface area contributed by atoms with Crippen molar-refractivity contribution >= 4 is 21.7 Å². The topological polar surface area (TPSA) is 140 Å². The smallest absolute Gasteiger partial charge is 0.294 e. The fraction of sp³-hybridized carbons (Fsp3) is 0.167. The Balaban J connectivity index is 2.88. The number of nitrogens with zero attached hydrogens (tertiary/aromatic N) is 1. The predicted molar refractivity (Wildman–Crippen MR) is 73.7 cm³/mol. The van der Waals surface area contributed by atoms with Gasteiger partial charge in [-0.3, -0.25) is 9.35 Å². The Morgan fingerprint density at radius 3 is 2.71 bits per heavy atom. The summed E-state index contributed by atoms with van der Waals surface area (Å²) in [5.41, 5.74) is -0.140. The molecule has 0 bridgehead atoms. The molecule has 0 saturated carbocycles. The fourth-order valence-electron chi connectivity index (χ4n) is 1.32. The summed E-state index contributed by atoms with van der Waals surface area (Å²) in [5, 5.41) is 22.3. The van der Waals surface area contributed by atoms with Crippen LogP contribution >= 0.6 is 0 Å². The maximum Gasteiger partial charge on any atom is 0.294 e. The molecule has 0 saturated heterocycles. The molecule has 0 spiro atoms. The number of carbonyl (C=O) groups is 1. The monoisotopic (exact) mass is 311 g/mol. The number of hydrogen-bond donors (Lipinski definition) is 4. The normalized spacial score (nSPS) is 11.6. The third kappa shape index (κ3) is 5.23. The van der Waals surface area contributed by atoms with E-state index in [0.717, 1.165) is 18.3 Å². The van der Waals surface area contributed by atoms with Crippen LogP contribution in [-0.2, 0) is 14.9 Å². The summed E-state index contributed by atoms with van der Waals surface area (Å²) in [6.45, 7) is 0.0178. The summed E-state index contributed by atoms with van der Waals surface area (Å²) in [7, 11) is -4.38. The number of nitriles is 1. The second-order valence-electron chi connectivity index (χ2n) is 3.80. The van der Waals surface area contributed by atoms with Crippen molar-refractivity contribution in [1.82, 2.24) is 5.32 Å². The van der Waals surface area contributed by atoms with Crippen LogP contribution in [0.1, 0.15) is 0 Å². The van der Waals surface area contributed by atoms with E-state index in [1.54, 1.807) is 6.07 Å². The van der Waals surface area contributed by atoms with E-state index in [1.165, 1.54) is 12.1 Å². The number of nitrogens with one attached hydrogen (secondary N) is 2. The average Bonchev–Trinajstić information content (AvgIpc) is 2.43. The summed E-state index contributed by atoms with van der Waals surface area (Å²) in [5.74, 6) is -0.754. The fourth-order valence-corrected chi connectivity index (χ4v) is 1.85. The zero-order valence-corrected chi connectivity index (χ0v) is 11.6. The summed E-state index contributed by atoms with van der Waals surface area (Å²) >= 11 is 0. The molecule has 0 fully saturated rings. The van der Waals surface area contributed by atoms with Gasteiger partial charge in [0.2, 0.25) is 0 Å². The molecular weight excluding hydrogens is 298 g/mol. The molecule has 1 amide bonds. The molecule has 0 aromatic heterocycles. The first kappa shape index (κ1) is 16.6. The van der Waals surface area contributed by atoms with Gasteiger partial charge in [-0.25, -0.2) is 0 Å². The minimum Gasteiger partial charge on any atom is -0.395 e. The predicted octanol–water partition coefficient (Wildman–Crippen LogP) is -0.139. The molecule has 21 heavy (non-hydrogen) atoms. The molecule has 1 rings (SSSR count). The SMILES string of the molecule is N#C/C(=C/NCCO)C(=O)Nc1cccc(S(=O)(=O)O)c1. The maximum absolute atomic E-state index is 11.8. The highest BCUT2D eigenvalue weighted by molar-refractivity contribution is 7.85. The molecule has 0 aliphatic rings. The van der Waals surface area contributed by atoms with Gasteiger partial charge in [0, 0.05) is 18.4 Å². The largest absolute Gasteiger partial charge is 0.395 e. The number of anilines is 1. The summed E-state index contributed by atoms with van der Waals surface area (Å²) in [6, 6.07) is 6.62. The molecule has 0 heterocycles. The van der Waals surface area contributed by atoms with Crippen molar-refractivity contribution in [2.24, 2.45) is 0 Å². The minimum absolute atomic E-state index is 0.110. The second-order valence-corrected chi connectivity index (χ2v) is 5.23. The molecular formula is C12H13N3O5S. The summed E-state index contributed by atoms with van der Waals surface area (Å²) in [6.07, 6.45) is 1.14. The van der Waals surface area contributed by atoms with Crippen LogP contribution in [0.4, 0.5) is 5.69 Å². The van der Waals surface area contributed by atoms with Crippen molar-refractivity contribution in [2.45, 2.75) is 4.90 Å². The number of aliphatic hydroxyl groups excluding tert-OH is 1. The molecule has 0 aliphatic carbocycles. The standard InChI is InChI=1S/C12H13N3O5S/c13-7-9(8-14-4-5-16)12(17)15-10-2-1-3-11(6-10)21(18,19)20/h1-3,6,8,14,16H,4-5H2,(H,15,17)(H,18,19,20)/b9-8-. The Morgan fingerprint density at radius 2 is 2.14 bits per heavy atom. The highest BCUT2D eigenvalue weighted by atomic mass is 32.2. The third-order valence-electron chi connectivity index (χ3n) is 2.26. The number of rotatable bonds is 6. The van der Waals surface area contributed by atoms with Gasteiger partial charge in [0.1, 0.15) is 11.6 Å². The lowest BCUT2D eigenvalue weighted by Crippen LogP contribution is -2.18. The molecule has 1 aromatic carbocycles. The number of benzene rings is 1. The van der Waals surface area contributed by atoms with E-state index in [1.807, 2.05) is 0 Å². The molecule has 9 heteroatoms. The van der Waals surface area contributed by atoms with Gasteiger partial charge >= 0.3 is 0 Å². The van der Waals surface area contributed by atoms with Crippen molar-refractivity contribution in [3.05, 3.63) is 36.0 Å². The quantitative estimate of drug-likeness (QED) is 0.248. The van der Waals surface area contributed by atoms with E-state index in [0.29, 0.717) is 0 Å². The van der Waals surface area contributed by atoms with Crippen molar-refractivity contribution in [3.63, 3.8) is 0 Å². The number of aliphatic hydroxyl groups is 1. The lowest BCUT2D eigenvalue weighted by Gasteiger charge is -2.06. The van der Waals surface area contributed by atoms with Crippen LogP contribution in [0.3, 0.4) is 0 Å². The van der Waals surface area contributed by atoms with Gasteiger partial charge in [0.05, 0.1) is 11.5 Å². The Kier molecular flexibility index (Phi) is 5.86. The first-order valence-electron chi connectivity index (χ1n) is 5.72. The van der Waals surface area contributed by atoms with Gasteiger partial charge in [-0.05, 0) is 18.2 Å². The molecule has 112 valence electrons. The van der Waals surface area contributed by atoms with E-state index in [4.69, 9.17) is 14.9 Å². The third-order valence-corrected chi connectivity index (χ3v) is 3.11. The molecule has 4 N–H and O–H groups in total. The highest BCUT2D eigenvalue weighted by Crippen LogP contribution is 2.15. The van der Waals surface area contributed by atoms with E-state index in [-0.39, 0.29) is 29.3 Å². The van der Waals surface area contributed by atoms with Crippen LogP contribution in [0.2, 0.25) is 0 Å². The van der Waals surface area contributed by atoms with Crippen LogP contribution in [0.15, 0.2) is 40.9 Å². The van der Waals surface area contributed by atoms with Crippen LogP contribution in [-0.4, -0.2) is 37.1 Å². The number of amides is 1. The molecule has 0 radical (unpaired) electrons. The first-order valence-corrected chi connectivity index (χ1v) is 7.16. The van der Waals surface area contributed by atoms with Gasteiger partial charge in [0.25, 0.3) is 16.0 Å². The Bertz CT molecular complexity index is 691. The van der Waals surface area contributed by atoms with Crippen LogP contribution < -0.4 is 10.6 Å². The second kappa shape index (κ2) is 7.39. The maximum atomic E-state index is 11.8. The first-order chi connectivity index (χ1) is 9.88. The van der Waals surface area contributed by atoms with E-state index < -0.39 is 16.0 Å². The van der Waals surface area contributed by atoms with Crippen molar-refractivity contribution in [2.75, 3.05) is 18.5 Å². The molecule has 0 aliphatic heterocycles. The summed E-state index contributed by atoms with van der Waals surface area (Å²) < 4.78 is 30.9. The van der Waals surface area contributed by atoms with E-state index >= 15 is 0 Å². The van der Waals surface area contributed by atoms with Gasteiger partial charge in [-0.15, -0.1) is 0 Å². The van der Waals surface area contributed by atoms with Gasteiger partial charge in [-0.1, -0.05) is 6.07 Å². The molecule has 1 aromatic rings. The molecule has 8 nitrogen and oxygen atoms in total. The molecule has 0 unspecified atom stereocenters. The van der Waals surface area contributed by atoms with Gasteiger partial charge in [-0.2, -0.15) is 13.7 Å². The Morgan fingerprint density at radius 1 is 1.43 bits per heavy atom. The van der Waals surface area contributed by atoms with Crippen molar-refractivity contribution in [3.8, 4) is 6.07 Å². The van der Waals surface area contributed by atoms with Crippen LogP contribution in [0.25, 0.3) is 0 Å². The molecule has 0 atom stereocenters. The van der Waals surface area contributed by atoms with Crippen LogP contribution in [0.5, 0.6) is 0 Å². The zero-order chi connectivity index (χ0) is 15.9. The summed E-state index contributed by atoms with van der Waals surface area (Å²) in [4.78, 5) is 11.4. The van der Waals surface area contributed by atoms with Crippen LogP contribution in [0, 0.1) is 11.3 Å². The van der Waals surface area contributed by atoms with Crippen molar-refractivity contribution < 1.29 is 22.9 Å². The van der Waals surface area contributed by atoms with Gasteiger partial charge < -0.3 is 15.7 Å². The Labute approximate surface area is 121 Å². The Hall–Kier alpha value is -2.41. The number of carbonyl (C=O) groups excluding carboxylic acids is 1. The average molecular weight is 311 g/mol. The zero-order valence-electron chi connectivity index (χ0n) is 10.8. The van der Waals surface area contributed by atoms with Gasteiger partial charge in [0.15, 0.2) is 0 Å². The highest BCUT2D eigenvalue weighted by Gasteiger charge is 2.13. The lowest BCUT2D eigenvalue weighted by atomic mass is 10.2.